The lowest BCUT2D eigenvalue weighted by Crippen LogP contribution is -2.26. The number of fused-ring (bicyclic) bond motifs is 4. The van der Waals surface area contributed by atoms with Gasteiger partial charge >= 0.3 is 0 Å². The van der Waals surface area contributed by atoms with Crippen LogP contribution in [0, 0.1) is 30.5 Å². The lowest BCUT2D eigenvalue weighted by molar-refractivity contribution is 0.181. The molecule has 0 amide bonds. The fraction of sp³-hybridized carbons (Fsp3) is 0.320. The molecule has 4 aromatic rings. The fourth-order valence-corrected chi connectivity index (χ4v) is 4.25. The van der Waals surface area contributed by atoms with Gasteiger partial charge in [0.1, 0.15) is 23.6 Å². The molecule has 32 heavy (non-hydrogen) atoms. The van der Waals surface area contributed by atoms with Gasteiger partial charge in [-0.1, -0.05) is 37.8 Å². The second kappa shape index (κ2) is 7.88. The standard InChI is InChI=1S/C25H24FN5O/c1-15(2)22(32)13-12-17-7-4-10-20-18(17)8-6-14-30(20)24-23-19(26)9-5-11-21(23)31-16(3)28-29-25(31)27-24/h4-5,7,9-11,15,22,32H,6,8,14H2,1-3H3. The minimum absolute atomic E-state index is 0.0652. The Bertz CT molecular complexity index is 1400. The van der Waals surface area contributed by atoms with Crippen LogP contribution in [0.15, 0.2) is 36.4 Å². The van der Waals surface area contributed by atoms with Gasteiger partial charge in [0, 0.05) is 17.8 Å². The van der Waals surface area contributed by atoms with E-state index in [0.29, 0.717) is 34.9 Å². The van der Waals surface area contributed by atoms with Crippen LogP contribution in [0.4, 0.5) is 15.9 Å². The molecule has 5 rings (SSSR count). The molecule has 6 nitrogen and oxygen atoms in total. The number of rotatable bonds is 2. The molecule has 1 atom stereocenters. The summed E-state index contributed by atoms with van der Waals surface area (Å²) in [6.07, 6.45) is 1.07. The average molecular weight is 429 g/mol. The zero-order valence-electron chi connectivity index (χ0n) is 18.3. The Morgan fingerprint density at radius 1 is 1.12 bits per heavy atom. The Labute approximate surface area is 185 Å². The molecule has 0 aliphatic carbocycles. The molecule has 2 aromatic heterocycles. The molecule has 1 N–H and O–H groups in total. The molecular weight excluding hydrogens is 405 g/mol. The first kappa shape index (κ1) is 20.4. The highest BCUT2D eigenvalue weighted by atomic mass is 19.1. The van der Waals surface area contributed by atoms with Gasteiger partial charge in [0.05, 0.1) is 10.9 Å². The summed E-state index contributed by atoms with van der Waals surface area (Å²) in [6, 6.07) is 11.0. The summed E-state index contributed by atoms with van der Waals surface area (Å²) < 4.78 is 16.9. The van der Waals surface area contributed by atoms with E-state index in [1.54, 1.807) is 10.5 Å². The van der Waals surface area contributed by atoms with Crippen molar-refractivity contribution in [2.75, 3.05) is 11.4 Å². The molecule has 0 saturated heterocycles. The quantitative estimate of drug-likeness (QED) is 0.484. The van der Waals surface area contributed by atoms with Gasteiger partial charge in [0.15, 0.2) is 0 Å². The summed E-state index contributed by atoms with van der Waals surface area (Å²) in [5, 5.41) is 18.9. The molecule has 3 heterocycles. The van der Waals surface area contributed by atoms with E-state index in [1.807, 2.05) is 45.0 Å². The van der Waals surface area contributed by atoms with Crippen molar-refractivity contribution in [3.63, 3.8) is 0 Å². The van der Waals surface area contributed by atoms with Gasteiger partial charge in [-0.2, -0.15) is 4.98 Å². The number of hydrogen-bond donors (Lipinski definition) is 1. The van der Waals surface area contributed by atoms with Crippen molar-refractivity contribution >= 4 is 28.2 Å². The summed E-state index contributed by atoms with van der Waals surface area (Å²) in [6.45, 7) is 6.42. The fourth-order valence-electron chi connectivity index (χ4n) is 4.25. The van der Waals surface area contributed by atoms with Gasteiger partial charge in [-0.05, 0) is 55.5 Å². The first-order valence-electron chi connectivity index (χ1n) is 10.8. The summed E-state index contributed by atoms with van der Waals surface area (Å²) in [4.78, 5) is 6.79. The van der Waals surface area contributed by atoms with E-state index >= 15 is 4.39 Å². The van der Waals surface area contributed by atoms with Crippen molar-refractivity contribution in [3.8, 4) is 11.8 Å². The number of aliphatic hydroxyl groups is 1. The monoisotopic (exact) mass is 429 g/mol. The normalized spacial score (nSPS) is 14.5. The van der Waals surface area contributed by atoms with E-state index in [4.69, 9.17) is 4.98 Å². The smallest absolute Gasteiger partial charge is 0.257 e. The third-order valence-electron chi connectivity index (χ3n) is 5.96. The molecule has 2 aromatic carbocycles. The number of hydrogen-bond acceptors (Lipinski definition) is 5. The molecule has 0 bridgehead atoms. The molecule has 0 fully saturated rings. The third kappa shape index (κ3) is 3.28. The highest BCUT2D eigenvalue weighted by molar-refractivity contribution is 5.94. The highest BCUT2D eigenvalue weighted by Crippen LogP contribution is 2.38. The van der Waals surface area contributed by atoms with Gasteiger partial charge in [-0.25, -0.2) is 4.39 Å². The van der Waals surface area contributed by atoms with Crippen molar-refractivity contribution in [1.29, 1.82) is 0 Å². The van der Waals surface area contributed by atoms with Crippen LogP contribution in [-0.2, 0) is 6.42 Å². The molecule has 7 heteroatoms. The van der Waals surface area contributed by atoms with Crippen molar-refractivity contribution in [2.45, 2.75) is 39.7 Å². The third-order valence-corrected chi connectivity index (χ3v) is 5.96. The van der Waals surface area contributed by atoms with Gasteiger partial charge in [-0.15, -0.1) is 10.2 Å². The Morgan fingerprint density at radius 3 is 2.75 bits per heavy atom. The van der Waals surface area contributed by atoms with Gasteiger partial charge in [-0.3, -0.25) is 4.40 Å². The Balaban J connectivity index is 1.71. The Morgan fingerprint density at radius 2 is 1.94 bits per heavy atom. The minimum Gasteiger partial charge on any atom is -0.380 e. The predicted octanol–water partition coefficient (Wildman–Crippen LogP) is 4.18. The van der Waals surface area contributed by atoms with Crippen LogP contribution in [0.25, 0.3) is 16.7 Å². The summed E-state index contributed by atoms with van der Waals surface area (Å²) >= 11 is 0. The lowest BCUT2D eigenvalue weighted by atomic mass is 9.95. The van der Waals surface area contributed by atoms with Crippen LogP contribution in [0.2, 0.25) is 0 Å². The van der Waals surface area contributed by atoms with E-state index in [0.717, 1.165) is 29.7 Å². The SMILES string of the molecule is Cc1nnc2nc(N3CCCc4c(C#CC(O)C(C)C)cccc43)c3c(F)cccc3n12. The van der Waals surface area contributed by atoms with Crippen molar-refractivity contribution in [1.82, 2.24) is 19.6 Å². The van der Waals surface area contributed by atoms with Crippen molar-refractivity contribution in [3.05, 3.63) is 59.2 Å². The number of halogens is 1. The number of aromatic nitrogens is 4. The van der Waals surface area contributed by atoms with E-state index in [9.17, 15) is 5.11 Å². The van der Waals surface area contributed by atoms with E-state index in [2.05, 4.69) is 26.9 Å². The molecule has 0 saturated carbocycles. The maximum Gasteiger partial charge on any atom is 0.257 e. The molecule has 1 aliphatic rings. The molecule has 1 unspecified atom stereocenters. The van der Waals surface area contributed by atoms with Crippen LogP contribution in [0.5, 0.6) is 0 Å². The molecule has 1 aliphatic heterocycles. The van der Waals surface area contributed by atoms with E-state index < -0.39 is 6.10 Å². The van der Waals surface area contributed by atoms with Gasteiger partial charge in [0.2, 0.25) is 0 Å². The van der Waals surface area contributed by atoms with Gasteiger partial charge in [0.25, 0.3) is 5.78 Å². The van der Waals surface area contributed by atoms with Crippen LogP contribution in [0.1, 0.15) is 37.2 Å². The zero-order chi connectivity index (χ0) is 22.4. The first-order chi connectivity index (χ1) is 15.5. The number of aliphatic hydroxyl groups excluding tert-OH is 1. The highest BCUT2D eigenvalue weighted by Gasteiger charge is 2.25. The topological polar surface area (TPSA) is 66.5 Å². The lowest BCUT2D eigenvalue weighted by Gasteiger charge is -2.32. The zero-order valence-corrected chi connectivity index (χ0v) is 18.3. The number of benzene rings is 2. The molecule has 162 valence electrons. The van der Waals surface area contributed by atoms with Crippen LogP contribution in [-0.4, -0.2) is 37.3 Å². The number of nitrogens with zero attached hydrogens (tertiary/aromatic N) is 5. The summed E-state index contributed by atoms with van der Waals surface area (Å²) in [7, 11) is 0. The Kier molecular flexibility index (Phi) is 5.03. The number of aryl methyl sites for hydroxylation is 1. The molecule has 0 spiro atoms. The summed E-state index contributed by atoms with van der Waals surface area (Å²) in [5.41, 5.74) is 3.62. The van der Waals surface area contributed by atoms with E-state index in [-0.39, 0.29) is 11.7 Å². The van der Waals surface area contributed by atoms with Gasteiger partial charge < -0.3 is 10.0 Å². The van der Waals surface area contributed by atoms with Crippen LogP contribution >= 0.6 is 0 Å². The van der Waals surface area contributed by atoms with Crippen LogP contribution in [0.3, 0.4) is 0 Å². The van der Waals surface area contributed by atoms with Crippen molar-refractivity contribution in [2.24, 2.45) is 5.92 Å². The van der Waals surface area contributed by atoms with E-state index in [1.165, 1.54) is 6.07 Å². The second-order valence-corrected chi connectivity index (χ2v) is 8.47. The first-order valence-corrected chi connectivity index (χ1v) is 10.8. The molecule has 0 radical (unpaired) electrons. The second-order valence-electron chi connectivity index (χ2n) is 8.47. The van der Waals surface area contributed by atoms with Crippen LogP contribution < -0.4 is 4.90 Å². The Hall–Kier alpha value is -3.50. The number of anilines is 2. The molecular formula is C25H24FN5O. The maximum atomic E-state index is 15.1. The maximum absolute atomic E-state index is 15.1. The largest absolute Gasteiger partial charge is 0.380 e. The average Bonchev–Trinajstić information content (AvgIpc) is 3.17. The van der Waals surface area contributed by atoms with Crippen molar-refractivity contribution < 1.29 is 9.50 Å². The minimum atomic E-state index is -0.677. The summed E-state index contributed by atoms with van der Waals surface area (Å²) in [5.74, 6) is 7.49. The predicted molar refractivity (Wildman–Crippen MR) is 122 cm³/mol.